The molecule has 0 aliphatic rings. The Morgan fingerprint density at radius 2 is 1.47 bits per heavy atom. The zero-order chi connectivity index (χ0) is 11.9. The van der Waals surface area contributed by atoms with Crippen molar-refractivity contribution in [3.63, 3.8) is 0 Å². The average molecular weight is 235 g/mol. The van der Waals surface area contributed by atoms with E-state index in [1.807, 2.05) is 6.92 Å². The van der Waals surface area contributed by atoms with Crippen LogP contribution in [-0.2, 0) is 13.6 Å². The van der Waals surface area contributed by atoms with Crippen molar-refractivity contribution in [1.82, 2.24) is 0 Å². The maximum absolute atomic E-state index is 10.9. The predicted molar refractivity (Wildman–Crippen MR) is 65.2 cm³/mol. The van der Waals surface area contributed by atoms with E-state index < -0.39 is 8.25 Å². The van der Waals surface area contributed by atoms with Crippen LogP contribution in [-0.4, -0.2) is 13.2 Å². The molecule has 0 aliphatic heterocycles. The van der Waals surface area contributed by atoms with Gasteiger partial charge in [0, 0.05) is 4.57 Å². The van der Waals surface area contributed by atoms with Gasteiger partial charge in [-0.25, -0.2) is 0 Å². The van der Waals surface area contributed by atoms with Crippen molar-refractivity contribution >= 4 is 8.25 Å². The van der Waals surface area contributed by atoms with Gasteiger partial charge in [-0.2, -0.15) is 0 Å². The lowest BCUT2D eigenvalue weighted by molar-refractivity contribution is 0.221. The van der Waals surface area contributed by atoms with Crippen molar-refractivity contribution in [3.05, 3.63) is 12.7 Å². The summed E-state index contributed by atoms with van der Waals surface area (Å²) in [6.45, 7) is 10.5. The fourth-order valence-electron chi connectivity index (χ4n) is 0.604. The zero-order valence-electron chi connectivity index (χ0n) is 10.2. The van der Waals surface area contributed by atoms with Crippen LogP contribution in [0.1, 0.15) is 46.5 Å². The van der Waals surface area contributed by atoms with Crippen LogP contribution in [0.25, 0.3) is 0 Å². The van der Waals surface area contributed by atoms with Crippen LogP contribution in [0.15, 0.2) is 12.7 Å². The van der Waals surface area contributed by atoms with Crippen LogP contribution in [0.4, 0.5) is 0 Å². The summed E-state index contributed by atoms with van der Waals surface area (Å²) in [5.74, 6) is 0. The molecular weight excluding hydrogens is 211 g/mol. The van der Waals surface area contributed by atoms with E-state index in [4.69, 9.17) is 9.05 Å². The van der Waals surface area contributed by atoms with Gasteiger partial charge in [-0.05, 0) is 19.8 Å². The summed E-state index contributed by atoms with van der Waals surface area (Å²) in [5.41, 5.74) is 0. The van der Waals surface area contributed by atoms with E-state index in [1.54, 1.807) is 6.08 Å². The molecular formula is C11H24O3P+. The van der Waals surface area contributed by atoms with Crippen LogP contribution >= 0.6 is 8.25 Å². The highest BCUT2D eigenvalue weighted by Crippen LogP contribution is 2.24. The summed E-state index contributed by atoms with van der Waals surface area (Å²) in [6, 6.07) is 0. The molecule has 0 N–H and O–H groups in total. The standard InChI is InChI=1S/C8H18O3P.C3H6/c1-3-5-7-10-12(9)11-8-6-4-2;1-3-2/h3-8H2,1-2H3;3H,1H2,2H3/q+1;. The lowest BCUT2D eigenvalue weighted by Gasteiger charge is -1.89. The molecule has 90 valence electrons. The Labute approximate surface area is 94.8 Å². The van der Waals surface area contributed by atoms with Gasteiger partial charge in [-0.15, -0.1) is 15.6 Å². The maximum atomic E-state index is 10.9. The molecule has 0 spiro atoms. The lowest BCUT2D eigenvalue weighted by atomic mass is 10.4. The molecule has 0 amide bonds. The number of allylic oxidation sites excluding steroid dienone is 1. The van der Waals surface area contributed by atoms with Crippen molar-refractivity contribution in [3.8, 4) is 0 Å². The van der Waals surface area contributed by atoms with Gasteiger partial charge in [-0.1, -0.05) is 32.8 Å². The molecule has 15 heavy (non-hydrogen) atoms. The van der Waals surface area contributed by atoms with E-state index in [0.29, 0.717) is 13.2 Å². The summed E-state index contributed by atoms with van der Waals surface area (Å²) in [4.78, 5) is 0. The SMILES string of the molecule is C=CC.CCCCO[P+](=O)OCCCC. The first-order valence-electron chi connectivity index (χ1n) is 5.52. The molecule has 0 heterocycles. The third kappa shape index (κ3) is 20.0. The lowest BCUT2D eigenvalue weighted by Crippen LogP contribution is -1.90. The molecule has 4 heteroatoms. The molecule has 0 atom stereocenters. The Balaban J connectivity index is 0. The first-order chi connectivity index (χ1) is 7.22. The Hall–Kier alpha value is -0.240. The van der Waals surface area contributed by atoms with Crippen LogP contribution in [0, 0.1) is 0 Å². The maximum Gasteiger partial charge on any atom is 0.697 e. The fraction of sp³-hybridized carbons (Fsp3) is 0.818. The Morgan fingerprint density at radius 1 is 1.13 bits per heavy atom. The monoisotopic (exact) mass is 235 g/mol. The quantitative estimate of drug-likeness (QED) is 0.354. The molecule has 0 saturated heterocycles. The van der Waals surface area contributed by atoms with E-state index in [2.05, 4.69) is 20.4 Å². The van der Waals surface area contributed by atoms with Crippen molar-refractivity contribution in [2.75, 3.05) is 13.2 Å². The number of unbranched alkanes of at least 4 members (excludes halogenated alkanes) is 2. The minimum atomic E-state index is -1.85. The van der Waals surface area contributed by atoms with E-state index >= 15 is 0 Å². The number of rotatable bonds is 8. The van der Waals surface area contributed by atoms with Crippen molar-refractivity contribution < 1.29 is 13.6 Å². The Morgan fingerprint density at radius 3 is 1.73 bits per heavy atom. The number of hydrogen-bond donors (Lipinski definition) is 0. The molecule has 0 fully saturated rings. The van der Waals surface area contributed by atoms with Crippen LogP contribution < -0.4 is 0 Å². The molecule has 0 aliphatic carbocycles. The van der Waals surface area contributed by atoms with Gasteiger partial charge in [0.05, 0.1) is 0 Å². The second-order valence-corrected chi connectivity index (χ2v) is 3.97. The Bertz CT molecular complexity index is 137. The van der Waals surface area contributed by atoms with Crippen LogP contribution in [0.2, 0.25) is 0 Å². The van der Waals surface area contributed by atoms with E-state index in [-0.39, 0.29) is 0 Å². The minimum absolute atomic E-state index is 0.540. The summed E-state index contributed by atoms with van der Waals surface area (Å²) in [5, 5.41) is 0. The summed E-state index contributed by atoms with van der Waals surface area (Å²) >= 11 is 0. The first-order valence-corrected chi connectivity index (χ1v) is 6.62. The third-order valence-corrected chi connectivity index (χ3v) is 2.18. The van der Waals surface area contributed by atoms with Gasteiger partial charge in [-0.3, -0.25) is 0 Å². The number of hydrogen-bond acceptors (Lipinski definition) is 3. The highest BCUT2D eigenvalue weighted by Gasteiger charge is 2.18. The Kier molecular flexibility index (Phi) is 18.5. The predicted octanol–water partition coefficient (Wildman–Crippen LogP) is 4.47. The van der Waals surface area contributed by atoms with Crippen molar-refractivity contribution in [1.29, 1.82) is 0 Å². The van der Waals surface area contributed by atoms with E-state index in [0.717, 1.165) is 25.7 Å². The van der Waals surface area contributed by atoms with Gasteiger partial charge in [0.15, 0.2) is 0 Å². The minimum Gasteiger partial charge on any atom is -0.119 e. The zero-order valence-corrected chi connectivity index (χ0v) is 11.1. The van der Waals surface area contributed by atoms with Crippen molar-refractivity contribution in [2.45, 2.75) is 46.5 Å². The van der Waals surface area contributed by atoms with Gasteiger partial charge >= 0.3 is 8.25 Å². The van der Waals surface area contributed by atoms with Gasteiger partial charge in [0.1, 0.15) is 13.2 Å². The van der Waals surface area contributed by atoms with Crippen molar-refractivity contribution in [2.24, 2.45) is 0 Å². The summed E-state index contributed by atoms with van der Waals surface area (Å²) < 4.78 is 20.7. The normalized spacial score (nSPS) is 9.00. The molecule has 0 bridgehead atoms. The molecule has 0 unspecified atom stereocenters. The van der Waals surface area contributed by atoms with Crippen LogP contribution in [0.5, 0.6) is 0 Å². The average Bonchev–Trinajstić information content (AvgIpc) is 2.20. The molecule has 3 nitrogen and oxygen atoms in total. The second-order valence-electron chi connectivity index (χ2n) is 3.01. The van der Waals surface area contributed by atoms with Crippen LogP contribution in [0.3, 0.4) is 0 Å². The molecule has 0 rings (SSSR count). The summed E-state index contributed by atoms with van der Waals surface area (Å²) in [6.07, 6.45) is 5.74. The van der Waals surface area contributed by atoms with Gasteiger partial charge in [0.25, 0.3) is 0 Å². The largest absolute Gasteiger partial charge is 0.697 e. The first kappa shape index (κ1) is 17.2. The fourth-order valence-corrected chi connectivity index (χ4v) is 1.23. The highest BCUT2D eigenvalue weighted by atomic mass is 31.1. The second kappa shape index (κ2) is 16.2. The molecule has 0 radical (unpaired) electrons. The van der Waals surface area contributed by atoms with Gasteiger partial charge < -0.3 is 0 Å². The highest BCUT2D eigenvalue weighted by molar-refractivity contribution is 7.33. The molecule has 0 aromatic rings. The summed E-state index contributed by atoms with van der Waals surface area (Å²) in [7, 11) is -1.85. The smallest absolute Gasteiger partial charge is 0.119 e. The van der Waals surface area contributed by atoms with E-state index in [9.17, 15) is 4.57 Å². The molecule has 0 aromatic carbocycles. The topological polar surface area (TPSA) is 35.5 Å². The molecule has 0 aromatic heterocycles. The van der Waals surface area contributed by atoms with E-state index in [1.165, 1.54) is 0 Å². The van der Waals surface area contributed by atoms with Gasteiger partial charge in [0.2, 0.25) is 0 Å². The molecule has 0 saturated carbocycles. The third-order valence-electron chi connectivity index (χ3n) is 1.39.